The van der Waals surface area contributed by atoms with E-state index in [4.69, 9.17) is 9.47 Å². The molecule has 0 saturated carbocycles. The zero-order chi connectivity index (χ0) is 9.31. The van der Waals surface area contributed by atoms with Crippen molar-refractivity contribution in [2.45, 2.75) is 38.5 Å². The zero-order valence-electron chi connectivity index (χ0n) is 8.51. The SMILES string of the molecule is CC1CNC(C)(C2CCCO2)OC1. The minimum atomic E-state index is -0.233. The maximum absolute atomic E-state index is 5.83. The van der Waals surface area contributed by atoms with Gasteiger partial charge in [0.25, 0.3) is 0 Å². The van der Waals surface area contributed by atoms with Crippen molar-refractivity contribution in [1.82, 2.24) is 5.32 Å². The quantitative estimate of drug-likeness (QED) is 0.664. The molecule has 0 aromatic carbocycles. The summed E-state index contributed by atoms with van der Waals surface area (Å²) < 4.78 is 11.5. The Morgan fingerprint density at radius 3 is 2.85 bits per heavy atom. The van der Waals surface area contributed by atoms with Gasteiger partial charge in [-0.05, 0) is 25.7 Å². The molecule has 13 heavy (non-hydrogen) atoms. The van der Waals surface area contributed by atoms with Gasteiger partial charge in [-0.2, -0.15) is 0 Å². The van der Waals surface area contributed by atoms with E-state index in [1.54, 1.807) is 0 Å². The van der Waals surface area contributed by atoms with Crippen molar-refractivity contribution in [3.63, 3.8) is 0 Å². The normalized spacial score (nSPS) is 46.6. The van der Waals surface area contributed by atoms with E-state index in [1.807, 2.05) is 0 Å². The van der Waals surface area contributed by atoms with Crippen molar-refractivity contribution in [2.24, 2.45) is 5.92 Å². The molecule has 0 bridgehead atoms. The minimum Gasteiger partial charge on any atom is -0.374 e. The Morgan fingerprint density at radius 1 is 1.46 bits per heavy atom. The molecule has 2 heterocycles. The van der Waals surface area contributed by atoms with Gasteiger partial charge in [-0.3, -0.25) is 5.32 Å². The number of hydrogen-bond donors (Lipinski definition) is 1. The van der Waals surface area contributed by atoms with E-state index >= 15 is 0 Å². The van der Waals surface area contributed by atoms with Crippen molar-refractivity contribution < 1.29 is 9.47 Å². The maximum Gasteiger partial charge on any atom is 0.142 e. The lowest BCUT2D eigenvalue weighted by Crippen LogP contribution is -2.59. The summed E-state index contributed by atoms with van der Waals surface area (Å²) in [5, 5.41) is 3.44. The number of ether oxygens (including phenoxy) is 2. The smallest absolute Gasteiger partial charge is 0.142 e. The van der Waals surface area contributed by atoms with Crippen LogP contribution in [0.5, 0.6) is 0 Å². The van der Waals surface area contributed by atoms with Crippen LogP contribution < -0.4 is 5.32 Å². The molecule has 1 N–H and O–H groups in total. The number of nitrogens with one attached hydrogen (secondary N) is 1. The Morgan fingerprint density at radius 2 is 2.31 bits per heavy atom. The Labute approximate surface area is 79.8 Å². The zero-order valence-corrected chi connectivity index (χ0v) is 8.51. The first kappa shape index (κ1) is 9.44. The third-order valence-corrected chi connectivity index (χ3v) is 3.01. The first-order valence-corrected chi connectivity index (χ1v) is 5.21. The summed E-state index contributed by atoms with van der Waals surface area (Å²) in [4.78, 5) is 0. The third-order valence-electron chi connectivity index (χ3n) is 3.01. The molecule has 2 rings (SSSR count). The Bertz CT molecular complexity index is 170. The van der Waals surface area contributed by atoms with Gasteiger partial charge < -0.3 is 9.47 Å². The van der Waals surface area contributed by atoms with Gasteiger partial charge in [-0.1, -0.05) is 6.92 Å². The van der Waals surface area contributed by atoms with E-state index < -0.39 is 0 Å². The van der Waals surface area contributed by atoms with Crippen molar-refractivity contribution in [3.8, 4) is 0 Å². The van der Waals surface area contributed by atoms with E-state index in [9.17, 15) is 0 Å². The lowest BCUT2D eigenvalue weighted by Gasteiger charge is -2.41. The van der Waals surface area contributed by atoms with Crippen LogP contribution >= 0.6 is 0 Å². The van der Waals surface area contributed by atoms with Gasteiger partial charge in [0, 0.05) is 13.2 Å². The van der Waals surface area contributed by atoms with Gasteiger partial charge in [-0.15, -0.1) is 0 Å². The molecule has 0 aromatic heterocycles. The monoisotopic (exact) mass is 185 g/mol. The van der Waals surface area contributed by atoms with Crippen molar-refractivity contribution in [2.75, 3.05) is 19.8 Å². The highest BCUT2D eigenvalue weighted by atomic mass is 16.6. The van der Waals surface area contributed by atoms with Gasteiger partial charge in [0.2, 0.25) is 0 Å². The molecule has 3 unspecified atom stereocenters. The predicted octanol–water partition coefficient (Wildman–Crippen LogP) is 1.14. The molecule has 2 aliphatic heterocycles. The molecule has 2 aliphatic rings. The maximum atomic E-state index is 5.83. The molecular formula is C10H19NO2. The molecular weight excluding hydrogens is 166 g/mol. The van der Waals surface area contributed by atoms with E-state index in [0.29, 0.717) is 5.92 Å². The van der Waals surface area contributed by atoms with Crippen molar-refractivity contribution in [3.05, 3.63) is 0 Å². The molecule has 76 valence electrons. The topological polar surface area (TPSA) is 30.5 Å². The molecule has 2 fully saturated rings. The van der Waals surface area contributed by atoms with Crippen LogP contribution in [0.2, 0.25) is 0 Å². The molecule has 0 amide bonds. The van der Waals surface area contributed by atoms with Crippen LogP contribution in [0.15, 0.2) is 0 Å². The highest BCUT2D eigenvalue weighted by Gasteiger charge is 2.40. The second kappa shape index (κ2) is 3.56. The molecule has 3 heteroatoms. The van der Waals surface area contributed by atoms with Crippen molar-refractivity contribution in [1.29, 1.82) is 0 Å². The Hall–Kier alpha value is -0.120. The molecule has 0 aromatic rings. The Kier molecular flexibility index (Phi) is 2.58. The highest BCUT2D eigenvalue weighted by Crippen LogP contribution is 2.27. The summed E-state index contributed by atoms with van der Waals surface area (Å²) in [7, 11) is 0. The van der Waals surface area contributed by atoms with E-state index in [2.05, 4.69) is 19.2 Å². The van der Waals surface area contributed by atoms with E-state index in [1.165, 1.54) is 6.42 Å². The van der Waals surface area contributed by atoms with E-state index in [-0.39, 0.29) is 11.8 Å². The average molecular weight is 185 g/mol. The summed E-state index contributed by atoms with van der Waals surface area (Å²) in [6, 6.07) is 0. The predicted molar refractivity (Wildman–Crippen MR) is 50.5 cm³/mol. The third kappa shape index (κ3) is 1.87. The summed E-state index contributed by atoms with van der Waals surface area (Å²) in [5.74, 6) is 0.620. The second-order valence-corrected chi connectivity index (χ2v) is 4.41. The fraction of sp³-hybridized carbons (Fsp3) is 1.00. The largest absolute Gasteiger partial charge is 0.374 e. The van der Waals surface area contributed by atoms with Gasteiger partial charge in [-0.25, -0.2) is 0 Å². The van der Waals surface area contributed by atoms with E-state index in [0.717, 1.165) is 26.2 Å². The van der Waals surface area contributed by atoms with Crippen LogP contribution in [0.4, 0.5) is 0 Å². The van der Waals surface area contributed by atoms with Gasteiger partial charge in [0.1, 0.15) is 5.72 Å². The van der Waals surface area contributed by atoms with Gasteiger partial charge >= 0.3 is 0 Å². The lowest BCUT2D eigenvalue weighted by molar-refractivity contribution is -0.166. The molecule has 3 atom stereocenters. The average Bonchev–Trinajstić information content (AvgIpc) is 2.63. The molecule has 3 nitrogen and oxygen atoms in total. The van der Waals surface area contributed by atoms with Crippen LogP contribution in [-0.4, -0.2) is 31.6 Å². The fourth-order valence-electron chi connectivity index (χ4n) is 2.02. The molecule has 0 aliphatic carbocycles. The number of rotatable bonds is 1. The van der Waals surface area contributed by atoms with Crippen molar-refractivity contribution >= 4 is 0 Å². The minimum absolute atomic E-state index is 0.233. The molecule has 2 saturated heterocycles. The first-order chi connectivity index (χ1) is 6.21. The van der Waals surface area contributed by atoms with Crippen LogP contribution in [0.3, 0.4) is 0 Å². The molecule has 0 spiro atoms. The summed E-state index contributed by atoms with van der Waals surface area (Å²) >= 11 is 0. The Balaban J connectivity index is 1.95. The fourth-order valence-corrected chi connectivity index (χ4v) is 2.02. The van der Waals surface area contributed by atoms with Crippen LogP contribution in [0, 0.1) is 5.92 Å². The summed E-state index contributed by atoms with van der Waals surface area (Å²) in [5.41, 5.74) is -0.233. The van der Waals surface area contributed by atoms with Gasteiger partial charge in [0.15, 0.2) is 0 Å². The number of hydrogen-bond acceptors (Lipinski definition) is 3. The van der Waals surface area contributed by atoms with Crippen LogP contribution in [0.1, 0.15) is 26.7 Å². The van der Waals surface area contributed by atoms with Crippen LogP contribution in [-0.2, 0) is 9.47 Å². The van der Waals surface area contributed by atoms with Gasteiger partial charge in [0.05, 0.1) is 12.7 Å². The lowest BCUT2D eigenvalue weighted by atomic mass is 10.0. The second-order valence-electron chi connectivity index (χ2n) is 4.41. The summed E-state index contributed by atoms with van der Waals surface area (Å²) in [6.07, 6.45) is 2.54. The standard InChI is InChI=1S/C10H19NO2/c1-8-6-11-10(2,13-7-8)9-4-3-5-12-9/h8-9,11H,3-7H2,1-2H3. The summed E-state index contributed by atoms with van der Waals surface area (Å²) in [6.45, 7) is 7.08. The molecule has 0 radical (unpaired) electrons. The first-order valence-electron chi connectivity index (χ1n) is 5.21. The highest BCUT2D eigenvalue weighted by molar-refractivity contribution is 4.88. The van der Waals surface area contributed by atoms with Crippen LogP contribution in [0.25, 0.3) is 0 Å².